The minimum Gasteiger partial charge on any atom is -0.371 e. The summed E-state index contributed by atoms with van der Waals surface area (Å²) in [5.74, 6) is 0. The molecule has 1 atom stereocenters. The van der Waals surface area contributed by atoms with Crippen molar-refractivity contribution in [2.24, 2.45) is 0 Å². The zero-order chi connectivity index (χ0) is 11.2. The molecule has 0 amide bonds. The Kier molecular flexibility index (Phi) is 6.38. The van der Waals surface area contributed by atoms with Crippen molar-refractivity contribution in [2.75, 3.05) is 19.6 Å². The molecule has 0 aliphatic heterocycles. The SMILES string of the molecule is CCC(CN(CC)CC)OC(C)(C)C. The molecule has 0 aromatic carbocycles. The summed E-state index contributed by atoms with van der Waals surface area (Å²) in [5, 5.41) is 0. The Bertz CT molecular complexity index is 136. The first kappa shape index (κ1) is 13.9. The summed E-state index contributed by atoms with van der Waals surface area (Å²) >= 11 is 0. The quantitative estimate of drug-likeness (QED) is 0.655. The Balaban J connectivity index is 4.01. The van der Waals surface area contributed by atoms with E-state index in [0.717, 1.165) is 26.1 Å². The maximum atomic E-state index is 5.98. The molecule has 14 heavy (non-hydrogen) atoms. The molecule has 0 rings (SSSR count). The lowest BCUT2D eigenvalue weighted by Gasteiger charge is -2.30. The summed E-state index contributed by atoms with van der Waals surface area (Å²) in [5.41, 5.74) is -0.0200. The Hall–Kier alpha value is -0.0800. The highest BCUT2D eigenvalue weighted by Gasteiger charge is 2.18. The van der Waals surface area contributed by atoms with Crippen LogP contribution in [0.2, 0.25) is 0 Å². The monoisotopic (exact) mass is 201 g/mol. The highest BCUT2D eigenvalue weighted by Crippen LogP contribution is 2.13. The van der Waals surface area contributed by atoms with E-state index in [9.17, 15) is 0 Å². The fourth-order valence-corrected chi connectivity index (χ4v) is 1.52. The predicted molar refractivity (Wildman–Crippen MR) is 62.7 cm³/mol. The van der Waals surface area contributed by atoms with E-state index in [4.69, 9.17) is 4.74 Å². The van der Waals surface area contributed by atoms with Crippen LogP contribution in [0.15, 0.2) is 0 Å². The van der Waals surface area contributed by atoms with E-state index in [1.165, 1.54) is 0 Å². The number of likely N-dealkylation sites (N-methyl/N-ethyl adjacent to an activating group) is 1. The van der Waals surface area contributed by atoms with Crippen LogP contribution in [-0.4, -0.2) is 36.2 Å². The van der Waals surface area contributed by atoms with Crippen LogP contribution in [0.4, 0.5) is 0 Å². The molecule has 2 nitrogen and oxygen atoms in total. The molecule has 0 aromatic rings. The zero-order valence-corrected chi connectivity index (χ0v) is 10.8. The van der Waals surface area contributed by atoms with Crippen molar-refractivity contribution in [3.05, 3.63) is 0 Å². The summed E-state index contributed by atoms with van der Waals surface area (Å²) in [4.78, 5) is 2.42. The molecule has 0 aromatic heterocycles. The zero-order valence-electron chi connectivity index (χ0n) is 10.8. The fraction of sp³-hybridized carbons (Fsp3) is 1.00. The largest absolute Gasteiger partial charge is 0.371 e. The van der Waals surface area contributed by atoms with Gasteiger partial charge in [-0.05, 0) is 40.3 Å². The lowest BCUT2D eigenvalue weighted by atomic mass is 10.1. The second kappa shape index (κ2) is 6.41. The topological polar surface area (TPSA) is 12.5 Å². The van der Waals surface area contributed by atoms with E-state index >= 15 is 0 Å². The minimum atomic E-state index is -0.0200. The third-order valence-electron chi connectivity index (χ3n) is 2.33. The van der Waals surface area contributed by atoms with Gasteiger partial charge in [-0.2, -0.15) is 0 Å². The van der Waals surface area contributed by atoms with Crippen LogP contribution in [0.3, 0.4) is 0 Å². The Morgan fingerprint density at radius 3 is 1.86 bits per heavy atom. The van der Waals surface area contributed by atoms with Crippen molar-refractivity contribution in [1.29, 1.82) is 0 Å². The second-order valence-electron chi connectivity index (χ2n) is 4.75. The van der Waals surface area contributed by atoms with Crippen LogP contribution < -0.4 is 0 Å². The number of hydrogen-bond acceptors (Lipinski definition) is 2. The average molecular weight is 201 g/mol. The first-order chi connectivity index (χ1) is 6.42. The molecule has 0 spiro atoms. The molecular weight excluding hydrogens is 174 g/mol. The molecule has 0 radical (unpaired) electrons. The highest BCUT2D eigenvalue weighted by molar-refractivity contribution is 4.68. The fourth-order valence-electron chi connectivity index (χ4n) is 1.52. The number of hydrogen-bond donors (Lipinski definition) is 0. The van der Waals surface area contributed by atoms with Crippen molar-refractivity contribution < 1.29 is 4.74 Å². The van der Waals surface area contributed by atoms with Crippen LogP contribution in [0.1, 0.15) is 48.0 Å². The average Bonchev–Trinajstić information content (AvgIpc) is 2.10. The van der Waals surface area contributed by atoms with E-state index in [0.29, 0.717) is 6.10 Å². The van der Waals surface area contributed by atoms with Crippen molar-refractivity contribution in [2.45, 2.75) is 59.7 Å². The second-order valence-corrected chi connectivity index (χ2v) is 4.75. The molecular formula is C12H27NO. The van der Waals surface area contributed by atoms with Gasteiger partial charge in [0.15, 0.2) is 0 Å². The van der Waals surface area contributed by atoms with Gasteiger partial charge in [0.1, 0.15) is 0 Å². The third kappa shape index (κ3) is 6.39. The number of rotatable bonds is 6. The highest BCUT2D eigenvalue weighted by atomic mass is 16.5. The van der Waals surface area contributed by atoms with Gasteiger partial charge in [0, 0.05) is 6.54 Å². The van der Waals surface area contributed by atoms with Gasteiger partial charge in [-0.1, -0.05) is 20.8 Å². The van der Waals surface area contributed by atoms with Crippen molar-refractivity contribution in [1.82, 2.24) is 4.90 Å². The molecule has 1 unspecified atom stereocenters. The van der Waals surface area contributed by atoms with E-state index in [-0.39, 0.29) is 5.60 Å². The molecule has 0 saturated heterocycles. The maximum Gasteiger partial charge on any atom is 0.0706 e. The van der Waals surface area contributed by atoms with E-state index in [2.05, 4.69) is 46.4 Å². The van der Waals surface area contributed by atoms with Crippen LogP contribution in [0, 0.1) is 0 Å². The van der Waals surface area contributed by atoms with Gasteiger partial charge in [-0.25, -0.2) is 0 Å². The van der Waals surface area contributed by atoms with Gasteiger partial charge in [0.05, 0.1) is 11.7 Å². The van der Waals surface area contributed by atoms with Gasteiger partial charge >= 0.3 is 0 Å². The molecule has 0 aliphatic carbocycles. The van der Waals surface area contributed by atoms with Crippen LogP contribution in [0.5, 0.6) is 0 Å². The van der Waals surface area contributed by atoms with Gasteiger partial charge < -0.3 is 9.64 Å². The summed E-state index contributed by atoms with van der Waals surface area (Å²) in [7, 11) is 0. The standard InChI is InChI=1S/C12H27NO/c1-7-11(14-12(4,5)6)10-13(8-2)9-3/h11H,7-10H2,1-6H3. The molecule has 0 heterocycles. The van der Waals surface area contributed by atoms with E-state index in [1.54, 1.807) is 0 Å². The summed E-state index contributed by atoms with van der Waals surface area (Å²) < 4.78 is 5.98. The minimum absolute atomic E-state index is 0.0200. The molecule has 0 fully saturated rings. The summed E-state index contributed by atoms with van der Waals surface area (Å²) in [6, 6.07) is 0. The van der Waals surface area contributed by atoms with E-state index < -0.39 is 0 Å². The number of ether oxygens (including phenoxy) is 1. The van der Waals surface area contributed by atoms with Gasteiger partial charge in [0.2, 0.25) is 0 Å². The smallest absolute Gasteiger partial charge is 0.0706 e. The Morgan fingerprint density at radius 2 is 1.57 bits per heavy atom. The number of nitrogens with zero attached hydrogens (tertiary/aromatic N) is 1. The maximum absolute atomic E-state index is 5.98. The molecule has 0 bridgehead atoms. The van der Waals surface area contributed by atoms with Crippen molar-refractivity contribution in [3.63, 3.8) is 0 Å². The lowest BCUT2D eigenvalue weighted by molar-refractivity contribution is -0.0719. The molecule has 86 valence electrons. The van der Waals surface area contributed by atoms with Crippen LogP contribution >= 0.6 is 0 Å². The first-order valence-corrected chi connectivity index (χ1v) is 5.83. The van der Waals surface area contributed by atoms with Crippen molar-refractivity contribution in [3.8, 4) is 0 Å². The molecule has 0 saturated carbocycles. The Morgan fingerprint density at radius 1 is 1.07 bits per heavy atom. The lowest BCUT2D eigenvalue weighted by Crippen LogP contribution is -2.37. The van der Waals surface area contributed by atoms with Crippen LogP contribution in [-0.2, 0) is 4.74 Å². The summed E-state index contributed by atoms with van der Waals surface area (Å²) in [6.07, 6.45) is 1.46. The molecule has 0 N–H and O–H groups in total. The molecule has 0 aliphatic rings. The third-order valence-corrected chi connectivity index (χ3v) is 2.33. The van der Waals surface area contributed by atoms with Crippen molar-refractivity contribution >= 4 is 0 Å². The summed E-state index contributed by atoms with van der Waals surface area (Å²) in [6.45, 7) is 16.2. The van der Waals surface area contributed by atoms with Gasteiger partial charge in [0.25, 0.3) is 0 Å². The van der Waals surface area contributed by atoms with E-state index in [1.807, 2.05) is 0 Å². The predicted octanol–water partition coefficient (Wildman–Crippen LogP) is 2.92. The normalized spacial score (nSPS) is 14.8. The molecule has 2 heteroatoms. The Labute approximate surface area is 89.6 Å². The first-order valence-electron chi connectivity index (χ1n) is 5.83. The van der Waals surface area contributed by atoms with Gasteiger partial charge in [-0.3, -0.25) is 0 Å². The van der Waals surface area contributed by atoms with Gasteiger partial charge in [-0.15, -0.1) is 0 Å². The van der Waals surface area contributed by atoms with Crippen LogP contribution in [0.25, 0.3) is 0 Å².